The van der Waals surface area contributed by atoms with Gasteiger partial charge in [0.1, 0.15) is 4.21 Å². The topological polar surface area (TPSA) is 102 Å². The Bertz CT molecular complexity index is 723. The fourth-order valence-electron chi connectivity index (χ4n) is 1.36. The Kier molecular flexibility index (Phi) is 4.43. The maximum atomic E-state index is 11.9. The van der Waals surface area contributed by atoms with E-state index in [0.29, 0.717) is 5.69 Å². The molecule has 106 valence electrons. The van der Waals surface area contributed by atoms with Gasteiger partial charge in [-0.25, -0.2) is 18.5 Å². The highest BCUT2D eigenvalue weighted by atomic mass is 32.2. The van der Waals surface area contributed by atoms with Crippen LogP contribution in [-0.2, 0) is 10.0 Å². The number of nitrogens with zero attached hydrogens (tertiary/aromatic N) is 1. The Balaban J connectivity index is 2.13. The van der Waals surface area contributed by atoms with Crippen molar-refractivity contribution in [3.63, 3.8) is 0 Å². The lowest BCUT2D eigenvalue weighted by molar-refractivity contribution is 0.102. The number of amides is 1. The molecule has 2 heterocycles. The Morgan fingerprint density at radius 1 is 1.45 bits per heavy atom. The molecule has 6 nitrogen and oxygen atoms in total. The second-order valence-electron chi connectivity index (χ2n) is 3.74. The third-order valence-corrected chi connectivity index (χ3v) is 5.37. The van der Waals surface area contributed by atoms with Crippen molar-refractivity contribution in [1.29, 1.82) is 0 Å². The summed E-state index contributed by atoms with van der Waals surface area (Å²) in [5, 5.41) is 9.91. The van der Waals surface area contributed by atoms with Crippen LogP contribution in [0.2, 0.25) is 0 Å². The van der Waals surface area contributed by atoms with Crippen LogP contribution in [0.15, 0.2) is 39.0 Å². The predicted molar refractivity (Wildman–Crippen MR) is 79.7 cm³/mol. The van der Waals surface area contributed by atoms with Crippen LogP contribution in [0.5, 0.6) is 0 Å². The summed E-state index contributed by atoms with van der Waals surface area (Å²) in [6.07, 6.45) is 3.44. The molecule has 2 aromatic heterocycles. The average molecular weight is 329 g/mol. The molecule has 0 aliphatic heterocycles. The van der Waals surface area contributed by atoms with Crippen molar-refractivity contribution < 1.29 is 13.2 Å². The molecule has 0 aliphatic carbocycles. The van der Waals surface area contributed by atoms with Gasteiger partial charge in [0.05, 0.1) is 22.5 Å². The molecule has 0 saturated carbocycles. The van der Waals surface area contributed by atoms with Crippen LogP contribution in [0.3, 0.4) is 0 Å². The fourth-order valence-corrected chi connectivity index (χ4v) is 3.31. The first-order chi connectivity index (χ1) is 9.40. The van der Waals surface area contributed by atoms with Crippen molar-refractivity contribution in [2.24, 2.45) is 5.14 Å². The lowest BCUT2D eigenvalue weighted by Crippen LogP contribution is -2.12. The summed E-state index contributed by atoms with van der Waals surface area (Å²) < 4.78 is 22.2. The Morgan fingerprint density at radius 3 is 2.70 bits per heavy atom. The highest BCUT2D eigenvalue weighted by molar-refractivity contribution is 7.98. The number of hydrogen-bond donors (Lipinski definition) is 2. The number of anilines is 1. The molecule has 2 aromatic rings. The fraction of sp³-hybridized carbons (Fsp3) is 0.0909. The zero-order valence-corrected chi connectivity index (χ0v) is 12.8. The number of sulfonamides is 1. The van der Waals surface area contributed by atoms with Gasteiger partial charge in [0.2, 0.25) is 10.0 Å². The van der Waals surface area contributed by atoms with Gasteiger partial charge in [0, 0.05) is 5.38 Å². The SMILES string of the molecule is CSc1ccc(NC(=O)c2csc(S(N)(=O)=O)c2)cn1. The number of primary sulfonamides is 1. The quantitative estimate of drug-likeness (QED) is 0.832. The normalized spacial score (nSPS) is 11.3. The summed E-state index contributed by atoms with van der Waals surface area (Å²) in [5.41, 5.74) is 0.782. The molecule has 0 saturated heterocycles. The molecule has 0 aromatic carbocycles. The number of aromatic nitrogens is 1. The molecule has 0 bridgehead atoms. The van der Waals surface area contributed by atoms with E-state index in [1.54, 1.807) is 12.1 Å². The summed E-state index contributed by atoms with van der Waals surface area (Å²) in [5.74, 6) is -0.408. The largest absolute Gasteiger partial charge is 0.321 e. The molecule has 20 heavy (non-hydrogen) atoms. The van der Waals surface area contributed by atoms with E-state index >= 15 is 0 Å². The summed E-state index contributed by atoms with van der Waals surface area (Å²) in [6.45, 7) is 0. The average Bonchev–Trinajstić information content (AvgIpc) is 2.89. The van der Waals surface area contributed by atoms with Crippen LogP contribution in [0.25, 0.3) is 0 Å². The highest BCUT2D eigenvalue weighted by Gasteiger charge is 2.15. The van der Waals surface area contributed by atoms with Crippen LogP contribution >= 0.6 is 23.1 Å². The van der Waals surface area contributed by atoms with Gasteiger partial charge in [0.25, 0.3) is 5.91 Å². The van der Waals surface area contributed by atoms with E-state index in [0.717, 1.165) is 16.4 Å². The molecule has 0 aliphatic rings. The van der Waals surface area contributed by atoms with E-state index in [1.165, 1.54) is 29.4 Å². The number of nitrogens with two attached hydrogens (primary N) is 1. The van der Waals surface area contributed by atoms with E-state index in [9.17, 15) is 13.2 Å². The first-order valence-corrected chi connectivity index (χ1v) is 8.98. The lowest BCUT2D eigenvalue weighted by Gasteiger charge is -2.03. The maximum Gasteiger partial charge on any atom is 0.256 e. The molecular weight excluding hydrogens is 318 g/mol. The second-order valence-corrected chi connectivity index (χ2v) is 7.27. The zero-order chi connectivity index (χ0) is 14.8. The summed E-state index contributed by atoms with van der Waals surface area (Å²) in [4.78, 5) is 16.1. The number of hydrogen-bond acceptors (Lipinski definition) is 6. The van der Waals surface area contributed by atoms with E-state index in [2.05, 4.69) is 10.3 Å². The number of thioether (sulfide) groups is 1. The summed E-state index contributed by atoms with van der Waals surface area (Å²) in [7, 11) is -3.77. The maximum absolute atomic E-state index is 11.9. The monoisotopic (exact) mass is 329 g/mol. The molecular formula is C11H11N3O3S3. The highest BCUT2D eigenvalue weighted by Crippen LogP contribution is 2.20. The van der Waals surface area contributed by atoms with Crippen molar-refractivity contribution in [2.45, 2.75) is 9.24 Å². The molecule has 0 fully saturated rings. The number of carbonyl (C=O) groups excluding carboxylic acids is 1. The predicted octanol–water partition coefficient (Wildman–Crippen LogP) is 1.76. The van der Waals surface area contributed by atoms with E-state index in [4.69, 9.17) is 5.14 Å². The summed E-state index contributed by atoms with van der Waals surface area (Å²) in [6, 6.07) is 4.76. The van der Waals surface area contributed by atoms with Crippen molar-refractivity contribution in [3.8, 4) is 0 Å². The molecule has 0 unspecified atom stereocenters. The summed E-state index contributed by atoms with van der Waals surface area (Å²) >= 11 is 2.40. The zero-order valence-electron chi connectivity index (χ0n) is 10.4. The van der Waals surface area contributed by atoms with Crippen LogP contribution in [0, 0.1) is 0 Å². The molecule has 1 amide bonds. The van der Waals surface area contributed by atoms with Crippen LogP contribution < -0.4 is 10.5 Å². The second kappa shape index (κ2) is 5.92. The van der Waals surface area contributed by atoms with E-state index in [-0.39, 0.29) is 9.77 Å². The number of pyridine rings is 1. The minimum absolute atomic E-state index is 0.0431. The van der Waals surface area contributed by atoms with Gasteiger partial charge >= 0.3 is 0 Å². The Hall–Kier alpha value is -1.42. The third-order valence-electron chi connectivity index (χ3n) is 2.32. The van der Waals surface area contributed by atoms with Gasteiger partial charge in [-0.15, -0.1) is 23.1 Å². The first kappa shape index (κ1) is 15.0. The standard InChI is InChI=1S/C11H11N3O3S3/c1-18-9-3-2-8(5-13-9)14-11(15)7-4-10(19-6-7)20(12,16)17/h2-6H,1H3,(H,14,15)(H2,12,16,17). The van der Waals surface area contributed by atoms with Crippen molar-refractivity contribution in [2.75, 3.05) is 11.6 Å². The molecule has 2 rings (SSSR count). The van der Waals surface area contributed by atoms with Crippen molar-refractivity contribution in [3.05, 3.63) is 35.3 Å². The third kappa shape index (κ3) is 3.57. The van der Waals surface area contributed by atoms with Gasteiger partial charge < -0.3 is 5.32 Å². The minimum Gasteiger partial charge on any atom is -0.321 e. The molecule has 0 atom stereocenters. The first-order valence-electron chi connectivity index (χ1n) is 5.33. The molecule has 0 spiro atoms. The van der Waals surface area contributed by atoms with Gasteiger partial charge in [-0.1, -0.05) is 0 Å². The number of rotatable bonds is 4. The lowest BCUT2D eigenvalue weighted by atomic mass is 10.3. The van der Waals surface area contributed by atoms with Crippen LogP contribution in [-0.4, -0.2) is 25.6 Å². The van der Waals surface area contributed by atoms with Gasteiger partial charge in [-0.2, -0.15) is 0 Å². The minimum atomic E-state index is -3.77. The molecule has 0 radical (unpaired) electrons. The molecule has 9 heteroatoms. The molecule has 3 N–H and O–H groups in total. The Labute approximate surface area is 124 Å². The van der Waals surface area contributed by atoms with Gasteiger partial charge in [-0.3, -0.25) is 4.79 Å². The van der Waals surface area contributed by atoms with E-state index < -0.39 is 15.9 Å². The number of carbonyl (C=O) groups is 1. The number of thiophene rings is 1. The van der Waals surface area contributed by atoms with Crippen LogP contribution in [0.4, 0.5) is 5.69 Å². The van der Waals surface area contributed by atoms with E-state index in [1.807, 2.05) is 6.26 Å². The van der Waals surface area contributed by atoms with Crippen LogP contribution in [0.1, 0.15) is 10.4 Å². The van der Waals surface area contributed by atoms with Gasteiger partial charge in [-0.05, 0) is 24.5 Å². The number of nitrogens with one attached hydrogen (secondary N) is 1. The van der Waals surface area contributed by atoms with Crippen molar-refractivity contribution >= 4 is 44.7 Å². The smallest absolute Gasteiger partial charge is 0.256 e. The van der Waals surface area contributed by atoms with Crippen molar-refractivity contribution in [1.82, 2.24) is 4.98 Å². The Morgan fingerprint density at radius 2 is 2.20 bits per heavy atom. The van der Waals surface area contributed by atoms with Gasteiger partial charge in [0.15, 0.2) is 0 Å².